The van der Waals surface area contributed by atoms with Gasteiger partial charge in [0.1, 0.15) is 5.76 Å². The summed E-state index contributed by atoms with van der Waals surface area (Å²) in [5, 5.41) is 7.78. The molecule has 1 aliphatic rings. The fourth-order valence-corrected chi connectivity index (χ4v) is 3.09. The molecular weight excluding hydrogens is 238 g/mol. The summed E-state index contributed by atoms with van der Waals surface area (Å²) in [5.74, 6) is 0.959. The topological polar surface area (TPSA) is 41.3 Å². The first kappa shape index (κ1) is 14.5. The molecule has 2 heterocycles. The Morgan fingerprint density at radius 2 is 2.21 bits per heavy atom. The second-order valence-electron chi connectivity index (χ2n) is 6.08. The highest BCUT2D eigenvalue weighted by Gasteiger charge is 2.31. The van der Waals surface area contributed by atoms with Crippen molar-refractivity contribution in [2.24, 2.45) is 0 Å². The molecule has 1 aliphatic heterocycles. The zero-order valence-corrected chi connectivity index (χ0v) is 12.9. The van der Waals surface area contributed by atoms with Gasteiger partial charge >= 0.3 is 0 Å². The lowest BCUT2D eigenvalue weighted by atomic mass is 9.96. The summed E-state index contributed by atoms with van der Waals surface area (Å²) in [6.45, 7) is 14.2. The SMILES string of the molecule is CCC1(C)CN(C(C)c2c(C)noc2C)CCCN1. The summed E-state index contributed by atoms with van der Waals surface area (Å²) in [7, 11) is 0. The summed E-state index contributed by atoms with van der Waals surface area (Å²) < 4.78 is 5.32. The number of aryl methyl sites for hydroxylation is 2. The summed E-state index contributed by atoms with van der Waals surface area (Å²) in [6, 6.07) is 0.372. The highest BCUT2D eigenvalue weighted by Crippen LogP contribution is 2.29. The molecular formula is C15H27N3O. The third kappa shape index (κ3) is 3.00. The minimum absolute atomic E-state index is 0.212. The third-order valence-corrected chi connectivity index (χ3v) is 4.56. The van der Waals surface area contributed by atoms with Gasteiger partial charge in [0.25, 0.3) is 0 Å². The second kappa shape index (κ2) is 5.63. The van der Waals surface area contributed by atoms with Crippen molar-refractivity contribution >= 4 is 0 Å². The van der Waals surface area contributed by atoms with E-state index < -0.39 is 0 Å². The van der Waals surface area contributed by atoms with Gasteiger partial charge in [0.15, 0.2) is 0 Å². The first-order chi connectivity index (χ1) is 8.97. The zero-order valence-electron chi connectivity index (χ0n) is 12.9. The summed E-state index contributed by atoms with van der Waals surface area (Å²) in [4.78, 5) is 2.57. The van der Waals surface area contributed by atoms with Gasteiger partial charge in [0.2, 0.25) is 0 Å². The van der Waals surface area contributed by atoms with Gasteiger partial charge in [-0.3, -0.25) is 4.90 Å². The Morgan fingerprint density at radius 1 is 1.47 bits per heavy atom. The van der Waals surface area contributed by atoms with Crippen molar-refractivity contribution in [3.63, 3.8) is 0 Å². The second-order valence-corrected chi connectivity index (χ2v) is 6.08. The van der Waals surface area contributed by atoms with Gasteiger partial charge in [0, 0.05) is 30.2 Å². The van der Waals surface area contributed by atoms with E-state index in [9.17, 15) is 0 Å². The molecule has 1 saturated heterocycles. The first-order valence-electron chi connectivity index (χ1n) is 7.38. The molecule has 108 valence electrons. The smallest absolute Gasteiger partial charge is 0.138 e. The molecule has 1 fully saturated rings. The number of hydrogen-bond donors (Lipinski definition) is 1. The lowest BCUT2D eigenvalue weighted by molar-refractivity contribution is 0.168. The van der Waals surface area contributed by atoms with E-state index in [0.717, 1.165) is 37.5 Å². The van der Waals surface area contributed by atoms with Gasteiger partial charge in [-0.1, -0.05) is 12.1 Å². The Morgan fingerprint density at radius 3 is 2.79 bits per heavy atom. The van der Waals surface area contributed by atoms with Crippen molar-refractivity contribution in [1.29, 1.82) is 0 Å². The summed E-state index contributed by atoms with van der Waals surface area (Å²) >= 11 is 0. The number of nitrogens with zero attached hydrogens (tertiary/aromatic N) is 2. The molecule has 1 aromatic heterocycles. The molecule has 0 spiro atoms. The molecule has 2 unspecified atom stereocenters. The molecule has 0 saturated carbocycles. The zero-order chi connectivity index (χ0) is 14.0. The minimum atomic E-state index is 0.212. The Hall–Kier alpha value is -0.870. The van der Waals surface area contributed by atoms with Crippen LogP contribution in [0, 0.1) is 13.8 Å². The van der Waals surface area contributed by atoms with E-state index in [1.807, 2.05) is 13.8 Å². The summed E-state index contributed by atoms with van der Waals surface area (Å²) in [6.07, 6.45) is 2.35. The minimum Gasteiger partial charge on any atom is -0.361 e. The maximum absolute atomic E-state index is 5.32. The van der Waals surface area contributed by atoms with Crippen molar-refractivity contribution in [2.45, 2.75) is 59.0 Å². The predicted molar refractivity (Wildman–Crippen MR) is 77.3 cm³/mol. The van der Waals surface area contributed by atoms with Gasteiger partial charge in [-0.15, -0.1) is 0 Å². The van der Waals surface area contributed by atoms with Gasteiger partial charge in [0.05, 0.1) is 5.69 Å². The molecule has 2 atom stereocenters. The lowest BCUT2D eigenvalue weighted by Gasteiger charge is -2.36. The van der Waals surface area contributed by atoms with Crippen LogP contribution in [-0.2, 0) is 0 Å². The van der Waals surface area contributed by atoms with E-state index in [1.165, 1.54) is 12.0 Å². The van der Waals surface area contributed by atoms with E-state index in [1.54, 1.807) is 0 Å². The van der Waals surface area contributed by atoms with E-state index in [2.05, 4.69) is 36.1 Å². The van der Waals surface area contributed by atoms with Gasteiger partial charge in [-0.2, -0.15) is 0 Å². The van der Waals surface area contributed by atoms with Crippen LogP contribution in [0.15, 0.2) is 4.52 Å². The van der Waals surface area contributed by atoms with Crippen molar-refractivity contribution in [1.82, 2.24) is 15.4 Å². The monoisotopic (exact) mass is 265 g/mol. The van der Waals surface area contributed by atoms with E-state index in [4.69, 9.17) is 4.52 Å². The van der Waals surface area contributed by atoms with Crippen LogP contribution in [0.4, 0.5) is 0 Å². The van der Waals surface area contributed by atoms with Crippen molar-refractivity contribution in [3.05, 3.63) is 17.0 Å². The number of rotatable bonds is 3. The van der Waals surface area contributed by atoms with Crippen LogP contribution in [-0.4, -0.2) is 35.2 Å². The van der Waals surface area contributed by atoms with Crippen LogP contribution in [0.5, 0.6) is 0 Å². The van der Waals surface area contributed by atoms with Crippen LogP contribution in [0.25, 0.3) is 0 Å². The van der Waals surface area contributed by atoms with Crippen molar-refractivity contribution in [2.75, 3.05) is 19.6 Å². The van der Waals surface area contributed by atoms with E-state index in [0.29, 0.717) is 6.04 Å². The van der Waals surface area contributed by atoms with Crippen LogP contribution < -0.4 is 5.32 Å². The van der Waals surface area contributed by atoms with Crippen molar-refractivity contribution < 1.29 is 4.52 Å². The fourth-order valence-electron chi connectivity index (χ4n) is 3.09. The molecule has 19 heavy (non-hydrogen) atoms. The quantitative estimate of drug-likeness (QED) is 0.912. The third-order valence-electron chi connectivity index (χ3n) is 4.56. The van der Waals surface area contributed by atoms with E-state index >= 15 is 0 Å². The van der Waals surface area contributed by atoms with Crippen LogP contribution in [0.1, 0.15) is 56.7 Å². The molecule has 4 heteroatoms. The van der Waals surface area contributed by atoms with Crippen LogP contribution in [0.3, 0.4) is 0 Å². The first-order valence-corrected chi connectivity index (χ1v) is 7.38. The van der Waals surface area contributed by atoms with Crippen molar-refractivity contribution in [3.8, 4) is 0 Å². The number of hydrogen-bond acceptors (Lipinski definition) is 4. The maximum atomic E-state index is 5.32. The lowest BCUT2D eigenvalue weighted by Crippen LogP contribution is -2.49. The van der Waals surface area contributed by atoms with Gasteiger partial charge in [-0.25, -0.2) is 0 Å². The molecule has 0 aromatic carbocycles. The molecule has 0 radical (unpaired) electrons. The number of aromatic nitrogens is 1. The highest BCUT2D eigenvalue weighted by atomic mass is 16.5. The van der Waals surface area contributed by atoms with Crippen LogP contribution in [0.2, 0.25) is 0 Å². The molecule has 0 bridgehead atoms. The largest absolute Gasteiger partial charge is 0.361 e. The van der Waals surface area contributed by atoms with E-state index in [-0.39, 0.29) is 5.54 Å². The Labute approximate surface area is 116 Å². The van der Waals surface area contributed by atoms with Crippen LogP contribution >= 0.6 is 0 Å². The predicted octanol–water partition coefficient (Wildman–Crippen LogP) is 2.82. The average molecular weight is 265 g/mol. The summed E-state index contributed by atoms with van der Waals surface area (Å²) in [5.41, 5.74) is 2.50. The Balaban J connectivity index is 2.20. The molecule has 2 rings (SSSR count). The highest BCUT2D eigenvalue weighted by molar-refractivity contribution is 5.24. The molecule has 4 nitrogen and oxygen atoms in total. The molecule has 1 N–H and O–H groups in total. The Kier molecular flexibility index (Phi) is 4.31. The molecule has 0 amide bonds. The average Bonchev–Trinajstić information content (AvgIpc) is 2.61. The standard InChI is InChI=1S/C15H27N3O/c1-6-15(5)10-18(9-7-8-16-15)12(3)14-11(2)17-19-13(14)4/h12,16H,6-10H2,1-5H3. The fraction of sp³-hybridized carbons (Fsp3) is 0.800. The molecule has 1 aromatic rings. The van der Waals surface area contributed by atoms with Gasteiger partial charge < -0.3 is 9.84 Å². The van der Waals surface area contributed by atoms with Gasteiger partial charge in [-0.05, 0) is 47.1 Å². The molecule has 0 aliphatic carbocycles. The number of nitrogens with one attached hydrogen (secondary N) is 1. The Bertz CT molecular complexity index is 410. The normalized spacial score (nSPS) is 27.2. The maximum Gasteiger partial charge on any atom is 0.138 e.